The molecule has 1 heterocycles. The normalized spacial score (nSPS) is 17.9. The number of carboxylic acids is 1. The summed E-state index contributed by atoms with van der Waals surface area (Å²) in [5.74, 6) is -1.20. The second kappa shape index (κ2) is 9.48. The number of nitrogens with one attached hydrogen (secondary N) is 2. The summed E-state index contributed by atoms with van der Waals surface area (Å²) in [7, 11) is 0. The molecule has 3 rings (SSSR count). The van der Waals surface area contributed by atoms with E-state index in [-0.39, 0.29) is 18.7 Å². The fraction of sp³-hybridized carbons (Fsp3) is 0.333. The zero-order valence-corrected chi connectivity index (χ0v) is 17.3. The third-order valence-corrected chi connectivity index (χ3v) is 5.47. The summed E-state index contributed by atoms with van der Waals surface area (Å²) in [4.78, 5) is 24.2. The second-order valence-corrected chi connectivity index (χ2v) is 7.97. The highest BCUT2D eigenvalue weighted by molar-refractivity contribution is 6.35. The maximum atomic E-state index is 12.6. The monoisotopic (exact) mass is 435 g/mol. The molecule has 0 spiro atoms. The quantitative estimate of drug-likeness (QED) is 0.532. The first kappa shape index (κ1) is 21.4. The van der Waals surface area contributed by atoms with E-state index in [1.165, 1.54) is 5.56 Å². The summed E-state index contributed by atoms with van der Waals surface area (Å²) < 4.78 is 0. The first-order chi connectivity index (χ1) is 13.9. The molecule has 0 saturated heterocycles. The number of fused-ring (bicyclic) bond motifs is 1. The molecule has 2 atom stereocenters. The van der Waals surface area contributed by atoms with Crippen molar-refractivity contribution in [3.63, 3.8) is 0 Å². The minimum atomic E-state index is -1.00. The van der Waals surface area contributed by atoms with Gasteiger partial charge in [-0.3, -0.25) is 4.79 Å². The number of hydrogen-bond acceptors (Lipinski definition) is 4. The van der Waals surface area contributed by atoms with E-state index in [0.717, 1.165) is 18.4 Å². The SMILES string of the molecule is NCCCc1ccc(CC(=O)N[C@H]2C[C@H](C(=O)O)Nc3cc(Cl)cc(Cl)c32)cc1. The number of nitrogens with two attached hydrogens (primary N) is 1. The van der Waals surface area contributed by atoms with Gasteiger partial charge in [0, 0.05) is 27.7 Å². The zero-order chi connectivity index (χ0) is 21.0. The zero-order valence-electron chi connectivity index (χ0n) is 15.8. The van der Waals surface area contributed by atoms with E-state index in [1.807, 2.05) is 24.3 Å². The van der Waals surface area contributed by atoms with Crippen LogP contribution >= 0.6 is 23.2 Å². The Hall–Kier alpha value is -2.28. The van der Waals surface area contributed by atoms with E-state index in [0.29, 0.717) is 27.8 Å². The molecule has 0 radical (unpaired) electrons. The molecule has 0 bridgehead atoms. The third-order valence-electron chi connectivity index (χ3n) is 4.93. The van der Waals surface area contributed by atoms with Crippen molar-refractivity contribution in [3.05, 3.63) is 63.1 Å². The van der Waals surface area contributed by atoms with Gasteiger partial charge in [-0.25, -0.2) is 4.79 Å². The number of carbonyl (C=O) groups is 2. The largest absolute Gasteiger partial charge is 0.480 e. The molecular formula is C21H23Cl2N3O3. The molecule has 0 aliphatic carbocycles. The van der Waals surface area contributed by atoms with Gasteiger partial charge in [0.05, 0.1) is 12.5 Å². The molecule has 8 heteroatoms. The molecule has 2 aromatic rings. The second-order valence-electron chi connectivity index (χ2n) is 7.13. The van der Waals surface area contributed by atoms with Crippen molar-refractivity contribution in [1.29, 1.82) is 0 Å². The number of anilines is 1. The molecule has 154 valence electrons. The number of carbonyl (C=O) groups excluding carboxylic acids is 1. The van der Waals surface area contributed by atoms with E-state index >= 15 is 0 Å². The van der Waals surface area contributed by atoms with E-state index in [2.05, 4.69) is 10.6 Å². The van der Waals surface area contributed by atoms with Gasteiger partial charge in [0.2, 0.25) is 5.91 Å². The fourth-order valence-corrected chi connectivity index (χ4v) is 4.14. The standard InChI is InChI=1S/C21H23Cl2N3O3/c22-14-9-15(23)20-16(10-14)25-18(21(28)29)11-17(20)26-19(27)8-13-5-3-12(4-6-13)2-1-7-24/h3-6,9-10,17-18,25H,1-2,7-8,11,24H2,(H,26,27)(H,28,29)/t17-,18+/m0/s1. The summed E-state index contributed by atoms with van der Waals surface area (Å²) in [5, 5.41) is 16.1. The van der Waals surface area contributed by atoms with Crippen LogP contribution in [0.3, 0.4) is 0 Å². The average molecular weight is 436 g/mol. The number of benzene rings is 2. The number of hydrogen-bond donors (Lipinski definition) is 4. The molecular weight excluding hydrogens is 413 g/mol. The smallest absolute Gasteiger partial charge is 0.326 e. The van der Waals surface area contributed by atoms with Gasteiger partial charge < -0.3 is 21.5 Å². The van der Waals surface area contributed by atoms with E-state index in [9.17, 15) is 14.7 Å². The maximum Gasteiger partial charge on any atom is 0.326 e. The van der Waals surface area contributed by atoms with Crippen LogP contribution in [0.2, 0.25) is 10.0 Å². The van der Waals surface area contributed by atoms with Crippen LogP contribution in [0.15, 0.2) is 36.4 Å². The Morgan fingerprint density at radius 1 is 1.17 bits per heavy atom. The third kappa shape index (κ3) is 5.41. The predicted molar refractivity (Wildman–Crippen MR) is 115 cm³/mol. The summed E-state index contributed by atoms with van der Waals surface area (Å²) in [6.07, 6.45) is 2.21. The van der Waals surface area contributed by atoms with Crippen LogP contribution in [0, 0.1) is 0 Å². The van der Waals surface area contributed by atoms with Crippen LogP contribution in [0.25, 0.3) is 0 Å². The van der Waals surface area contributed by atoms with Crippen LogP contribution in [0.5, 0.6) is 0 Å². The molecule has 1 aliphatic rings. The van der Waals surface area contributed by atoms with Crippen molar-refractivity contribution in [2.24, 2.45) is 5.73 Å². The minimum Gasteiger partial charge on any atom is -0.480 e. The van der Waals surface area contributed by atoms with E-state index in [1.54, 1.807) is 12.1 Å². The van der Waals surface area contributed by atoms with E-state index in [4.69, 9.17) is 28.9 Å². The lowest BCUT2D eigenvalue weighted by Gasteiger charge is -2.32. The first-order valence-corrected chi connectivity index (χ1v) is 10.2. The summed E-state index contributed by atoms with van der Waals surface area (Å²) >= 11 is 12.4. The van der Waals surface area contributed by atoms with Crippen molar-refractivity contribution in [1.82, 2.24) is 5.32 Å². The number of amides is 1. The molecule has 1 aliphatic heterocycles. The summed E-state index contributed by atoms with van der Waals surface area (Å²) in [6.45, 7) is 0.646. The van der Waals surface area contributed by atoms with Crippen molar-refractivity contribution < 1.29 is 14.7 Å². The molecule has 5 N–H and O–H groups in total. The number of aryl methyl sites for hydroxylation is 1. The van der Waals surface area contributed by atoms with Crippen LogP contribution in [0.4, 0.5) is 5.69 Å². The number of carboxylic acid groups (broad SMARTS) is 1. The Labute approximate surface area is 179 Å². The maximum absolute atomic E-state index is 12.6. The first-order valence-electron chi connectivity index (χ1n) is 9.43. The van der Waals surface area contributed by atoms with Gasteiger partial charge in [0.1, 0.15) is 6.04 Å². The molecule has 0 unspecified atom stereocenters. The van der Waals surface area contributed by atoms with Gasteiger partial charge in [0.25, 0.3) is 0 Å². The molecule has 0 aromatic heterocycles. The fourth-order valence-electron chi connectivity index (χ4n) is 3.51. The Balaban J connectivity index is 1.73. The highest BCUT2D eigenvalue weighted by Crippen LogP contribution is 2.39. The van der Waals surface area contributed by atoms with Crippen LogP contribution in [-0.2, 0) is 22.4 Å². The Morgan fingerprint density at radius 3 is 2.52 bits per heavy atom. The Bertz CT molecular complexity index is 903. The van der Waals surface area contributed by atoms with Gasteiger partial charge in [0.15, 0.2) is 0 Å². The van der Waals surface area contributed by atoms with Gasteiger partial charge >= 0.3 is 5.97 Å². The van der Waals surface area contributed by atoms with Gasteiger partial charge in [-0.1, -0.05) is 47.5 Å². The lowest BCUT2D eigenvalue weighted by molar-refractivity contribution is -0.138. The number of aliphatic carboxylic acids is 1. The van der Waals surface area contributed by atoms with E-state index < -0.39 is 18.1 Å². The molecule has 0 saturated carbocycles. The number of halogens is 2. The average Bonchev–Trinajstić information content (AvgIpc) is 2.66. The molecule has 6 nitrogen and oxygen atoms in total. The van der Waals surface area contributed by atoms with Crippen molar-refractivity contribution in [2.75, 3.05) is 11.9 Å². The molecule has 29 heavy (non-hydrogen) atoms. The lowest BCUT2D eigenvalue weighted by Crippen LogP contribution is -2.41. The van der Waals surface area contributed by atoms with Crippen LogP contribution in [0.1, 0.15) is 35.6 Å². The minimum absolute atomic E-state index is 0.188. The predicted octanol–water partition coefficient (Wildman–Crippen LogP) is 3.55. The topological polar surface area (TPSA) is 104 Å². The lowest BCUT2D eigenvalue weighted by atomic mass is 9.92. The highest BCUT2D eigenvalue weighted by atomic mass is 35.5. The van der Waals surface area contributed by atoms with Crippen molar-refractivity contribution >= 4 is 40.8 Å². The molecule has 2 aromatic carbocycles. The Morgan fingerprint density at radius 2 is 1.86 bits per heavy atom. The summed E-state index contributed by atoms with van der Waals surface area (Å²) in [6, 6.07) is 9.69. The van der Waals surface area contributed by atoms with Gasteiger partial charge in [-0.15, -0.1) is 0 Å². The number of rotatable bonds is 7. The van der Waals surface area contributed by atoms with Crippen molar-refractivity contribution in [2.45, 2.75) is 37.8 Å². The molecule has 0 fully saturated rings. The Kier molecular flexibility index (Phi) is 7.00. The van der Waals surface area contributed by atoms with Gasteiger partial charge in [-0.2, -0.15) is 0 Å². The molecule has 1 amide bonds. The van der Waals surface area contributed by atoms with Crippen molar-refractivity contribution in [3.8, 4) is 0 Å². The summed E-state index contributed by atoms with van der Waals surface area (Å²) in [5.41, 5.74) is 8.77. The highest BCUT2D eigenvalue weighted by Gasteiger charge is 2.33. The van der Waals surface area contributed by atoms with Crippen LogP contribution in [-0.4, -0.2) is 29.6 Å². The van der Waals surface area contributed by atoms with Crippen LogP contribution < -0.4 is 16.4 Å². The van der Waals surface area contributed by atoms with Gasteiger partial charge in [-0.05, 0) is 42.6 Å².